The number of hydrogen-bond acceptors (Lipinski definition) is 2. The van der Waals surface area contributed by atoms with Crippen molar-refractivity contribution in [2.75, 3.05) is 20.1 Å². The van der Waals surface area contributed by atoms with Crippen LogP contribution in [0.4, 0.5) is 0 Å². The Bertz CT molecular complexity index is 401. The second kappa shape index (κ2) is 11.8. The van der Waals surface area contributed by atoms with Crippen molar-refractivity contribution in [2.45, 2.75) is 40.0 Å². The van der Waals surface area contributed by atoms with Crippen LogP contribution < -0.4 is 10.6 Å². The number of pyridine rings is 1. The third kappa shape index (κ3) is 9.66. The van der Waals surface area contributed by atoms with Crippen molar-refractivity contribution in [3.05, 3.63) is 29.6 Å². The summed E-state index contributed by atoms with van der Waals surface area (Å²) in [5, 5.41) is 6.68. The van der Waals surface area contributed by atoms with Crippen molar-refractivity contribution in [2.24, 2.45) is 10.9 Å². The van der Waals surface area contributed by atoms with E-state index in [1.165, 1.54) is 18.4 Å². The summed E-state index contributed by atoms with van der Waals surface area (Å²) in [6.07, 6.45) is 5.33. The maximum Gasteiger partial charge on any atom is 0.190 e. The Labute approximate surface area is 146 Å². The molecule has 1 rings (SSSR count). The number of nitrogens with one attached hydrogen (secondary N) is 2. The molecular formula is C16H29IN4. The van der Waals surface area contributed by atoms with Gasteiger partial charge in [-0.25, -0.2) is 0 Å². The molecule has 0 unspecified atom stereocenters. The Morgan fingerprint density at radius 2 is 1.95 bits per heavy atom. The highest BCUT2D eigenvalue weighted by Crippen LogP contribution is 2.01. The van der Waals surface area contributed by atoms with Gasteiger partial charge in [0, 0.05) is 32.0 Å². The van der Waals surface area contributed by atoms with E-state index in [4.69, 9.17) is 0 Å². The minimum absolute atomic E-state index is 0. The number of guanidine groups is 1. The molecule has 0 aromatic carbocycles. The molecule has 0 fully saturated rings. The van der Waals surface area contributed by atoms with Gasteiger partial charge in [-0.3, -0.25) is 9.98 Å². The van der Waals surface area contributed by atoms with Crippen LogP contribution in [0.25, 0.3) is 0 Å². The second-order valence-electron chi connectivity index (χ2n) is 5.52. The fourth-order valence-electron chi connectivity index (χ4n) is 1.91. The third-order valence-electron chi connectivity index (χ3n) is 3.15. The molecule has 0 spiro atoms. The van der Waals surface area contributed by atoms with Crippen LogP contribution in [0.1, 0.15) is 37.9 Å². The maximum absolute atomic E-state index is 4.30. The van der Waals surface area contributed by atoms with Gasteiger partial charge in [-0.05, 0) is 43.7 Å². The van der Waals surface area contributed by atoms with E-state index in [0.29, 0.717) is 0 Å². The second-order valence-corrected chi connectivity index (χ2v) is 5.52. The lowest BCUT2D eigenvalue weighted by Crippen LogP contribution is -2.38. The van der Waals surface area contributed by atoms with Crippen LogP contribution in [-0.2, 0) is 6.42 Å². The van der Waals surface area contributed by atoms with Gasteiger partial charge in [-0.2, -0.15) is 0 Å². The Kier molecular flexibility index (Phi) is 11.3. The molecule has 120 valence electrons. The average Bonchev–Trinajstić information content (AvgIpc) is 2.43. The van der Waals surface area contributed by atoms with Crippen LogP contribution in [0.5, 0.6) is 0 Å². The predicted octanol–water partition coefficient (Wildman–Crippen LogP) is 3.15. The number of aryl methyl sites for hydroxylation is 1. The molecule has 0 bridgehead atoms. The summed E-state index contributed by atoms with van der Waals surface area (Å²) in [4.78, 5) is 8.53. The molecule has 1 heterocycles. The van der Waals surface area contributed by atoms with E-state index in [2.05, 4.69) is 40.5 Å². The maximum atomic E-state index is 4.30. The van der Waals surface area contributed by atoms with E-state index in [-0.39, 0.29) is 24.0 Å². The average molecular weight is 404 g/mol. The zero-order valence-corrected chi connectivity index (χ0v) is 16.0. The lowest BCUT2D eigenvalue weighted by atomic mass is 10.1. The summed E-state index contributed by atoms with van der Waals surface area (Å²) >= 11 is 0. The number of nitrogens with zero attached hydrogens (tertiary/aromatic N) is 2. The van der Waals surface area contributed by atoms with Gasteiger partial charge < -0.3 is 10.6 Å². The van der Waals surface area contributed by atoms with Gasteiger partial charge in [0.05, 0.1) is 0 Å². The molecule has 5 heteroatoms. The SMILES string of the molecule is CN=C(NCCCC(C)C)NCCc1ccc(C)nc1.I. The molecule has 4 nitrogen and oxygen atoms in total. The zero-order valence-electron chi connectivity index (χ0n) is 13.6. The van der Waals surface area contributed by atoms with Crippen molar-refractivity contribution in [1.29, 1.82) is 0 Å². The highest BCUT2D eigenvalue weighted by molar-refractivity contribution is 14.0. The molecule has 0 aliphatic carbocycles. The molecule has 0 radical (unpaired) electrons. The number of rotatable bonds is 7. The molecule has 0 aliphatic rings. The summed E-state index contributed by atoms with van der Waals surface area (Å²) in [6, 6.07) is 4.18. The van der Waals surface area contributed by atoms with Gasteiger partial charge in [0.25, 0.3) is 0 Å². The Morgan fingerprint density at radius 1 is 1.24 bits per heavy atom. The van der Waals surface area contributed by atoms with Crippen molar-refractivity contribution in [3.63, 3.8) is 0 Å². The number of hydrogen-bond donors (Lipinski definition) is 2. The van der Waals surface area contributed by atoms with Crippen LogP contribution in [0.15, 0.2) is 23.3 Å². The summed E-state index contributed by atoms with van der Waals surface area (Å²) in [6.45, 7) is 8.36. The van der Waals surface area contributed by atoms with Gasteiger partial charge >= 0.3 is 0 Å². The fourth-order valence-corrected chi connectivity index (χ4v) is 1.91. The van der Waals surface area contributed by atoms with Gasteiger partial charge in [-0.15, -0.1) is 24.0 Å². The fraction of sp³-hybridized carbons (Fsp3) is 0.625. The highest BCUT2D eigenvalue weighted by Gasteiger charge is 1.99. The van der Waals surface area contributed by atoms with E-state index in [1.54, 1.807) is 0 Å². The van der Waals surface area contributed by atoms with E-state index >= 15 is 0 Å². The molecule has 0 aliphatic heterocycles. The monoisotopic (exact) mass is 404 g/mol. The van der Waals surface area contributed by atoms with Gasteiger partial charge in [0.2, 0.25) is 0 Å². The Balaban J connectivity index is 0.00000400. The summed E-state index contributed by atoms with van der Waals surface area (Å²) in [5.74, 6) is 1.65. The third-order valence-corrected chi connectivity index (χ3v) is 3.15. The van der Waals surface area contributed by atoms with Crippen molar-refractivity contribution in [1.82, 2.24) is 15.6 Å². The first-order valence-corrected chi connectivity index (χ1v) is 7.48. The normalized spacial score (nSPS) is 11.2. The van der Waals surface area contributed by atoms with E-state index in [0.717, 1.165) is 37.1 Å². The number of aliphatic imine (C=N–C) groups is 1. The molecule has 0 saturated heterocycles. The Hall–Kier alpha value is -0.850. The van der Waals surface area contributed by atoms with E-state index in [1.807, 2.05) is 26.2 Å². The topological polar surface area (TPSA) is 49.3 Å². The van der Waals surface area contributed by atoms with Gasteiger partial charge in [0.15, 0.2) is 5.96 Å². The van der Waals surface area contributed by atoms with Crippen molar-refractivity contribution < 1.29 is 0 Å². The minimum Gasteiger partial charge on any atom is -0.356 e. The molecule has 2 N–H and O–H groups in total. The smallest absolute Gasteiger partial charge is 0.190 e. The van der Waals surface area contributed by atoms with Gasteiger partial charge in [-0.1, -0.05) is 19.9 Å². The first kappa shape index (κ1) is 20.1. The quantitative estimate of drug-likeness (QED) is 0.318. The summed E-state index contributed by atoms with van der Waals surface area (Å²) in [7, 11) is 1.81. The lowest BCUT2D eigenvalue weighted by Gasteiger charge is -2.12. The molecule has 0 saturated carbocycles. The van der Waals surface area contributed by atoms with Crippen LogP contribution in [0.3, 0.4) is 0 Å². The molecule has 1 aromatic heterocycles. The van der Waals surface area contributed by atoms with Crippen molar-refractivity contribution in [3.8, 4) is 0 Å². The minimum atomic E-state index is 0. The molecular weight excluding hydrogens is 375 g/mol. The van der Waals surface area contributed by atoms with Crippen LogP contribution in [-0.4, -0.2) is 31.1 Å². The van der Waals surface area contributed by atoms with E-state index in [9.17, 15) is 0 Å². The Morgan fingerprint density at radius 3 is 2.52 bits per heavy atom. The van der Waals surface area contributed by atoms with Crippen LogP contribution in [0.2, 0.25) is 0 Å². The largest absolute Gasteiger partial charge is 0.356 e. The summed E-state index contributed by atoms with van der Waals surface area (Å²) < 4.78 is 0. The predicted molar refractivity (Wildman–Crippen MR) is 102 cm³/mol. The molecule has 0 atom stereocenters. The first-order valence-electron chi connectivity index (χ1n) is 7.48. The number of halogens is 1. The zero-order chi connectivity index (χ0) is 14.8. The first-order chi connectivity index (χ1) is 9.61. The highest BCUT2D eigenvalue weighted by atomic mass is 127. The molecule has 21 heavy (non-hydrogen) atoms. The standard InChI is InChI=1S/C16H28N4.HI/c1-13(2)6-5-10-18-16(17-4)19-11-9-15-8-7-14(3)20-12-15;/h7-8,12-13H,5-6,9-11H2,1-4H3,(H2,17,18,19);1H. The molecule has 1 aromatic rings. The number of aromatic nitrogens is 1. The van der Waals surface area contributed by atoms with Gasteiger partial charge in [0.1, 0.15) is 0 Å². The van der Waals surface area contributed by atoms with Crippen LogP contribution >= 0.6 is 24.0 Å². The van der Waals surface area contributed by atoms with E-state index < -0.39 is 0 Å². The van der Waals surface area contributed by atoms with Crippen LogP contribution in [0, 0.1) is 12.8 Å². The summed E-state index contributed by atoms with van der Waals surface area (Å²) in [5.41, 5.74) is 2.31. The lowest BCUT2D eigenvalue weighted by molar-refractivity contribution is 0.549. The van der Waals surface area contributed by atoms with Crippen molar-refractivity contribution >= 4 is 29.9 Å². The molecule has 0 amide bonds.